The van der Waals surface area contributed by atoms with Gasteiger partial charge < -0.3 is 21.1 Å². The van der Waals surface area contributed by atoms with Crippen LogP contribution in [0, 0.1) is 11.8 Å². The lowest BCUT2D eigenvalue weighted by Gasteiger charge is -2.37. The van der Waals surface area contributed by atoms with E-state index in [4.69, 9.17) is 5.73 Å². The molecule has 2 saturated carbocycles. The fourth-order valence-electron chi connectivity index (χ4n) is 7.71. The minimum Gasteiger partial charge on any atom is -0.384 e. The number of nitrogens with two attached hydrogens (primary N) is 1. The lowest BCUT2D eigenvalue weighted by molar-refractivity contribution is -0.143. The molecule has 1 aromatic heterocycles. The van der Waals surface area contributed by atoms with Gasteiger partial charge in [0.25, 0.3) is 17.7 Å². The number of carbonyl (C=O) groups excluding carboxylic acids is 5. The van der Waals surface area contributed by atoms with Crippen LogP contribution in [0.3, 0.4) is 0 Å². The van der Waals surface area contributed by atoms with Crippen molar-refractivity contribution in [1.29, 1.82) is 0 Å². The van der Waals surface area contributed by atoms with Gasteiger partial charge in [-0.3, -0.25) is 24.0 Å². The Morgan fingerprint density at radius 2 is 1.69 bits per heavy atom. The van der Waals surface area contributed by atoms with E-state index in [-0.39, 0.29) is 54.3 Å². The van der Waals surface area contributed by atoms with Gasteiger partial charge in [0.2, 0.25) is 21.7 Å². The van der Waals surface area contributed by atoms with Gasteiger partial charge in [0.15, 0.2) is 0 Å². The first-order valence-corrected chi connectivity index (χ1v) is 21.6. The van der Waals surface area contributed by atoms with Crippen LogP contribution in [0.4, 0.5) is 0 Å². The molecule has 0 spiro atoms. The largest absolute Gasteiger partial charge is 0.384 e. The van der Waals surface area contributed by atoms with E-state index in [1.54, 1.807) is 25.6 Å². The van der Waals surface area contributed by atoms with Gasteiger partial charge in [-0.2, -0.15) is 11.8 Å². The quantitative estimate of drug-likeness (QED) is 0.159. The van der Waals surface area contributed by atoms with Crippen molar-refractivity contribution in [3.8, 4) is 0 Å². The average Bonchev–Trinajstić information content (AvgIpc) is 3.65. The standard InChI is InChI=1S/C37H50N8O8S2/c1-36(2,51)30-21-39-43-45(30)26-19-29(34(49)42-37(31(46)32(38)47)14-16-54-17-15-37)44(22-26)35(50)28(18-23-6-4-3-5-7-23)41-33(48)25-10-12-27(13-11-25)55(52,53)40-20-24-8-9-24/h10-13,21,23-24,26,29,40,51H,3-9,14-20,22H2,1-2H3,(H2,38,47)(H,42,49)/b41-28+/t26-,29-/m0/s1. The Kier molecular flexibility index (Phi) is 12.3. The smallest absolute Gasteiger partial charge is 0.287 e. The number of ketones is 1. The molecule has 5 N–H and O–H groups in total. The molecule has 16 nitrogen and oxygen atoms in total. The SMILES string of the molecule is CC(C)(O)c1cnnn1[C@H]1C[C@@H](C(=O)NC2(C(=O)C(N)=O)CCSCC2)N(C(=O)/C(CC2CCCCC2)=N/C(=O)c2ccc(S(=O)(=O)NCC3CC3)cc2)C1. The van der Waals surface area contributed by atoms with Gasteiger partial charge in [0.05, 0.1) is 22.8 Å². The zero-order chi connectivity index (χ0) is 39.5. The van der Waals surface area contributed by atoms with Gasteiger partial charge >= 0.3 is 0 Å². The highest BCUT2D eigenvalue weighted by molar-refractivity contribution is 7.99. The summed E-state index contributed by atoms with van der Waals surface area (Å²) in [6, 6.07) is 3.58. The second-order valence-corrected chi connectivity index (χ2v) is 18.7. The Morgan fingerprint density at radius 3 is 2.31 bits per heavy atom. The molecular formula is C37H50N8O8S2. The molecule has 2 aromatic rings. The Morgan fingerprint density at radius 1 is 1.02 bits per heavy atom. The van der Waals surface area contributed by atoms with Crippen molar-refractivity contribution in [2.45, 2.75) is 113 Å². The molecule has 3 heterocycles. The van der Waals surface area contributed by atoms with Crippen LogP contribution < -0.4 is 15.8 Å². The van der Waals surface area contributed by atoms with Crippen LogP contribution in [0.25, 0.3) is 0 Å². The van der Waals surface area contributed by atoms with Gasteiger partial charge in [0.1, 0.15) is 22.9 Å². The number of aromatic nitrogens is 3. The number of hydrogen-bond donors (Lipinski definition) is 4. The number of hydrogen-bond acceptors (Lipinski definition) is 11. The Hall–Kier alpha value is -4.00. The van der Waals surface area contributed by atoms with Gasteiger partial charge in [-0.25, -0.2) is 22.8 Å². The maximum absolute atomic E-state index is 14.8. The maximum atomic E-state index is 14.8. The third-order valence-corrected chi connectivity index (χ3v) is 13.5. The number of aliphatic hydroxyl groups is 1. The molecule has 6 rings (SSSR count). The molecule has 2 aliphatic carbocycles. The van der Waals surface area contributed by atoms with Crippen molar-refractivity contribution < 1.29 is 37.5 Å². The number of sulfonamides is 1. The van der Waals surface area contributed by atoms with Crippen LogP contribution in [-0.2, 0) is 34.8 Å². The fraction of sp³-hybridized carbons (Fsp3) is 0.622. The minimum atomic E-state index is -3.77. The van der Waals surface area contributed by atoms with Crippen LogP contribution in [0.1, 0.15) is 107 Å². The van der Waals surface area contributed by atoms with Crippen molar-refractivity contribution in [2.24, 2.45) is 22.6 Å². The molecule has 18 heteroatoms. The van der Waals surface area contributed by atoms with Gasteiger partial charge in [-0.15, -0.1) is 5.10 Å². The molecule has 2 atom stereocenters. The van der Waals surface area contributed by atoms with Crippen LogP contribution >= 0.6 is 11.8 Å². The Labute approximate surface area is 324 Å². The number of thioether (sulfide) groups is 1. The monoisotopic (exact) mass is 798 g/mol. The molecule has 0 unspecified atom stereocenters. The molecule has 0 bridgehead atoms. The van der Waals surface area contributed by atoms with Crippen molar-refractivity contribution in [3.05, 3.63) is 41.7 Å². The van der Waals surface area contributed by atoms with E-state index in [9.17, 15) is 37.5 Å². The Bertz CT molecular complexity index is 1930. The highest BCUT2D eigenvalue weighted by Gasteiger charge is 2.49. The third-order valence-electron chi connectivity index (χ3n) is 11.1. The molecule has 298 valence electrons. The third kappa shape index (κ3) is 9.52. The van der Waals surface area contributed by atoms with Crippen LogP contribution in [0.5, 0.6) is 0 Å². The molecule has 4 aliphatic rings. The molecule has 2 aliphatic heterocycles. The second kappa shape index (κ2) is 16.6. The number of nitrogens with zero attached hydrogens (tertiary/aromatic N) is 5. The van der Waals surface area contributed by atoms with Crippen molar-refractivity contribution >= 4 is 56.9 Å². The highest BCUT2D eigenvalue weighted by atomic mass is 32.2. The topological polar surface area (TPSA) is 236 Å². The number of Topliss-reactive ketones (excluding diaryl/α,β-unsaturated/α-hetero) is 1. The molecule has 55 heavy (non-hydrogen) atoms. The van der Waals surface area contributed by atoms with Crippen LogP contribution in [-0.4, -0.2) is 105 Å². The van der Waals surface area contributed by atoms with Crippen molar-refractivity contribution in [2.75, 3.05) is 24.6 Å². The predicted molar refractivity (Wildman–Crippen MR) is 203 cm³/mol. The zero-order valence-corrected chi connectivity index (χ0v) is 32.9. The van der Waals surface area contributed by atoms with E-state index < -0.39 is 62.7 Å². The van der Waals surface area contributed by atoms with E-state index in [1.807, 2.05) is 0 Å². The molecule has 4 amide bonds. The lowest BCUT2D eigenvalue weighted by atomic mass is 9.85. The van der Waals surface area contributed by atoms with Crippen molar-refractivity contribution in [1.82, 2.24) is 29.9 Å². The molecule has 4 fully saturated rings. The summed E-state index contributed by atoms with van der Waals surface area (Å²) in [7, 11) is -3.77. The number of amides is 4. The summed E-state index contributed by atoms with van der Waals surface area (Å²) >= 11 is 1.58. The molecule has 1 aromatic carbocycles. The average molecular weight is 799 g/mol. The summed E-state index contributed by atoms with van der Waals surface area (Å²) in [4.78, 5) is 73.9. The van der Waals surface area contributed by atoms with E-state index >= 15 is 0 Å². The maximum Gasteiger partial charge on any atom is 0.287 e. The number of nitrogens with one attached hydrogen (secondary N) is 2. The molecular weight excluding hydrogens is 749 g/mol. The van der Waals surface area contributed by atoms with Gasteiger partial charge in [0, 0.05) is 25.1 Å². The summed E-state index contributed by atoms with van der Waals surface area (Å²) in [5.74, 6) is -2.71. The predicted octanol–water partition coefficient (Wildman–Crippen LogP) is 2.02. The number of carbonyl (C=O) groups is 5. The first-order valence-electron chi connectivity index (χ1n) is 19.0. The summed E-state index contributed by atoms with van der Waals surface area (Å²) < 4.78 is 29.7. The first kappa shape index (κ1) is 40.7. The van der Waals surface area contributed by atoms with Crippen LogP contribution in [0.15, 0.2) is 40.4 Å². The minimum absolute atomic E-state index is 0.00633. The summed E-state index contributed by atoms with van der Waals surface area (Å²) in [6.45, 7) is 3.43. The summed E-state index contributed by atoms with van der Waals surface area (Å²) in [5, 5.41) is 21.9. The normalized spacial score (nSPS) is 22.3. The van der Waals surface area contributed by atoms with Gasteiger partial charge in [-0.05, 0) is 93.6 Å². The second-order valence-electron chi connectivity index (χ2n) is 15.8. The van der Waals surface area contributed by atoms with E-state index in [1.165, 1.54) is 40.0 Å². The molecule has 0 radical (unpaired) electrons. The van der Waals surface area contributed by atoms with E-state index in [0.717, 1.165) is 44.9 Å². The molecule has 2 saturated heterocycles. The van der Waals surface area contributed by atoms with E-state index in [0.29, 0.717) is 29.7 Å². The summed E-state index contributed by atoms with van der Waals surface area (Å²) in [5.41, 5.74) is 2.95. The van der Waals surface area contributed by atoms with E-state index in [2.05, 4.69) is 25.3 Å². The van der Waals surface area contributed by atoms with Crippen LogP contribution in [0.2, 0.25) is 0 Å². The first-order chi connectivity index (χ1) is 26.1. The number of aliphatic imine (C=N–C) groups is 1. The summed E-state index contributed by atoms with van der Waals surface area (Å²) in [6.07, 6.45) is 8.58. The highest BCUT2D eigenvalue weighted by Crippen LogP contribution is 2.35. The number of primary amides is 1. The Balaban J connectivity index is 1.32. The lowest BCUT2D eigenvalue weighted by Crippen LogP contribution is -2.63. The fourth-order valence-corrected chi connectivity index (χ4v) is 10.0. The zero-order valence-electron chi connectivity index (χ0n) is 31.2. The van der Waals surface area contributed by atoms with Crippen molar-refractivity contribution in [3.63, 3.8) is 0 Å². The van der Waals surface area contributed by atoms with Gasteiger partial charge in [-0.1, -0.05) is 37.3 Å². The number of likely N-dealkylation sites (tertiary alicyclic amines) is 1. The number of rotatable bonds is 14. The number of benzene rings is 1.